The van der Waals surface area contributed by atoms with Gasteiger partial charge in [0.05, 0.1) is 28.4 Å². The van der Waals surface area contributed by atoms with Crippen molar-refractivity contribution in [3.8, 4) is 5.69 Å². The SMILES string of the molecule is Cc1cc([C@@H]2[C@H](c3ccccn3)NC(=S)N2c2ccc(Sc3ccc([N+](=O)[O-])cc3)cc2)c(C)n1-c1cccc2ccccc12. The lowest BCUT2D eigenvalue weighted by molar-refractivity contribution is -0.384. The standard InChI is InChI=1S/C36H29N5O2S2/c1-23-22-31(24(2)39(23)33-12-7-9-25-8-3-4-10-30(25)33)35-34(32-11-5-6-21-37-32)38-36(44)40(35)26-13-17-28(18-14-26)45-29-19-15-27(16-20-29)41(42)43/h3-22,34-35H,1-2H3,(H,38,44)/t34-,35+/m0/s1. The van der Waals surface area contributed by atoms with E-state index in [0.717, 1.165) is 38.2 Å². The lowest BCUT2D eigenvalue weighted by atomic mass is 9.96. The van der Waals surface area contributed by atoms with E-state index in [4.69, 9.17) is 17.2 Å². The first kappa shape index (κ1) is 28.8. The molecular weight excluding hydrogens is 599 g/mol. The van der Waals surface area contributed by atoms with E-state index < -0.39 is 0 Å². The zero-order chi connectivity index (χ0) is 31.1. The topological polar surface area (TPSA) is 76.2 Å². The minimum Gasteiger partial charge on any atom is -0.351 e. The first-order chi connectivity index (χ1) is 21.9. The van der Waals surface area contributed by atoms with Crippen molar-refractivity contribution in [2.24, 2.45) is 0 Å². The van der Waals surface area contributed by atoms with Crippen LogP contribution in [0.3, 0.4) is 0 Å². The number of aromatic nitrogens is 2. The van der Waals surface area contributed by atoms with Gasteiger partial charge in [0, 0.05) is 50.6 Å². The molecule has 0 radical (unpaired) electrons. The summed E-state index contributed by atoms with van der Waals surface area (Å²) < 4.78 is 2.34. The van der Waals surface area contributed by atoms with E-state index in [-0.39, 0.29) is 22.7 Å². The molecule has 7 nitrogen and oxygen atoms in total. The maximum absolute atomic E-state index is 11.0. The molecule has 1 aliphatic heterocycles. The lowest BCUT2D eigenvalue weighted by Crippen LogP contribution is -2.29. The molecule has 0 unspecified atom stereocenters. The zero-order valence-electron chi connectivity index (χ0n) is 24.6. The van der Waals surface area contributed by atoms with Crippen LogP contribution in [0.4, 0.5) is 11.4 Å². The molecule has 0 amide bonds. The Morgan fingerprint density at radius 1 is 0.867 bits per heavy atom. The monoisotopic (exact) mass is 627 g/mol. The van der Waals surface area contributed by atoms with Crippen LogP contribution in [-0.2, 0) is 0 Å². The van der Waals surface area contributed by atoms with Gasteiger partial charge in [-0.1, -0.05) is 54.2 Å². The van der Waals surface area contributed by atoms with Gasteiger partial charge in [0.2, 0.25) is 0 Å². The van der Waals surface area contributed by atoms with Crippen LogP contribution in [0, 0.1) is 24.0 Å². The molecule has 222 valence electrons. The summed E-state index contributed by atoms with van der Waals surface area (Å²) in [4.78, 5) is 19.5. The number of anilines is 1. The number of nitro benzene ring substituents is 1. The molecule has 9 heteroatoms. The Kier molecular flexibility index (Phi) is 7.56. The number of benzene rings is 4. The van der Waals surface area contributed by atoms with Crippen LogP contribution in [-0.4, -0.2) is 19.6 Å². The third kappa shape index (κ3) is 5.34. The van der Waals surface area contributed by atoms with Crippen molar-refractivity contribution in [1.29, 1.82) is 0 Å². The summed E-state index contributed by atoms with van der Waals surface area (Å²) in [5.74, 6) is 0. The van der Waals surface area contributed by atoms with Gasteiger partial charge < -0.3 is 14.8 Å². The smallest absolute Gasteiger partial charge is 0.269 e. The van der Waals surface area contributed by atoms with E-state index in [9.17, 15) is 10.1 Å². The summed E-state index contributed by atoms with van der Waals surface area (Å²) in [5, 5.41) is 17.7. The number of nitro groups is 1. The zero-order valence-corrected chi connectivity index (χ0v) is 26.3. The molecule has 0 aliphatic carbocycles. The Balaban J connectivity index is 1.28. The van der Waals surface area contributed by atoms with Gasteiger partial charge in [0.1, 0.15) is 0 Å². The van der Waals surface area contributed by atoms with E-state index in [0.29, 0.717) is 5.11 Å². The largest absolute Gasteiger partial charge is 0.351 e. The second-order valence-corrected chi connectivity index (χ2v) is 12.5. The average Bonchev–Trinajstić information content (AvgIpc) is 3.56. The Morgan fingerprint density at radius 2 is 1.56 bits per heavy atom. The summed E-state index contributed by atoms with van der Waals surface area (Å²) in [6, 6.07) is 37.8. The molecule has 1 fully saturated rings. The van der Waals surface area contributed by atoms with Gasteiger partial charge in [-0.05, 0) is 97.7 Å². The second-order valence-electron chi connectivity index (χ2n) is 11.0. The molecule has 0 spiro atoms. The normalized spacial score (nSPS) is 16.2. The van der Waals surface area contributed by atoms with Crippen LogP contribution in [0.2, 0.25) is 0 Å². The number of rotatable bonds is 7. The molecule has 3 heterocycles. The molecule has 4 aromatic carbocycles. The summed E-state index contributed by atoms with van der Waals surface area (Å²) in [6.07, 6.45) is 1.82. The number of hydrogen-bond acceptors (Lipinski definition) is 5. The van der Waals surface area contributed by atoms with Crippen molar-refractivity contribution >= 4 is 51.2 Å². The fourth-order valence-electron chi connectivity index (χ4n) is 6.26. The van der Waals surface area contributed by atoms with E-state index in [1.54, 1.807) is 23.9 Å². The Morgan fingerprint density at radius 3 is 2.27 bits per heavy atom. The fraction of sp³-hybridized carbons (Fsp3) is 0.111. The predicted molar refractivity (Wildman–Crippen MR) is 184 cm³/mol. The highest BCUT2D eigenvalue weighted by atomic mass is 32.2. The lowest BCUT2D eigenvalue weighted by Gasteiger charge is -2.28. The number of hydrogen-bond donors (Lipinski definition) is 1. The van der Waals surface area contributed by atoms with Gasteiger partial charge in [0.25, 0.3) is 5.69 Å². The molecule has 7 rings (SSSR count). The number of aryl methyl sites for hydroxylation is 1. The molecule has 45 heavy (non-hydrogen) atoms. The van der Waals surface area contributed by atoms with Crippen LogP contribution in [0.1, 0.15) is 34.7 Å². The summed E-state index contributed by atoms with van der Waals surface area (Å²) in [7, 11) is 0. The summed E-state index contributed by atoms with van der Waals surface area (Å²) in [6.45, 7) is 4.34. The predicted octanol–water partition coefficient (Wildman–Crippen LogP) is 8.88. The number of thiocarbonyl (C=S) groups is 1. The number of pyridine rings is 1. The quantitative estimate of drug-likeness (QED) is 0.108. The van der Waals surface area contributed by atoms with Crippen LogP contribution >= 0.6 is 24.0 Å². The molecule has 1 saturated heterocycles. The maximum atomic E-state index is 11.0. The number of nitrogens with one attached hydrogen (secondary N) is 1. The van der Waals surface area contributed by atoms with Gasteiger partial charge in [-0.25, -0.2) is 0 Å². The highest BCUT2D eigenvalue weighted by molar-refractivity contribution is 7.99. The molecule has 2 atom stereocenters. The van der Waals surface area contributed by atoms with Crippen molar-refractivity contribution in [2.75, 3.05) is 4.90 Å². The van der Waals surface area contributed by atoms with E-state index in [2.05, 4.69) is 101 Å². The first-order valence-electron chi connectivity index (χ1n) is 14.6. The highest BCUT2D eigenvalue weighted by Crippen LogP contribution is 2.44. The molecule has 1 N–H and O–H groups in total. The molecule has 2 aromatic heterocycles. The maximum Gasteiger partial charge on any atom is 0.269 e. The van der Waals surface area contributed by atoms with Crippen molar-refractivity contribution in [3.63, 3.8) is 0 Å². The van der Waals surface area contributed by atoms with Crippen molar-refractivity contribution < 1.29 is 4.92 Å². The van der Waals surface area contributed by atoms with Crippen LogP contribution in [0.5, 0.6) is 0 Å². The van der Waals surface area contributed by atoms with Crippen LogP contribution in [0.15, 0.2) is 131 Å². The Bertz CT molecular complexity index is 2040. The van der Waals surface area contributed by atoms with Crippen molar-refractivity contribution in [3.05, 3.63) is 154 Å². The van der Waals surface area contributed by atoms with E-state index in [1.165, 1.54) is 28.5 Å². The fourth-order valence-corrected chi connectivity index (χ4v) is 7.42. The number of non-ortho nitro benzene ring substituents is 1. The molecule has 6 aromatic rings. The number of nitrogens with zero attached hydrogens (tertiary/aromatic N) is 4. The summed E-state index contributed by atoms with van der Waals surface area (Å²) in [5.41, 5.74) is 6.59. The average molecular weight is 628 g/mol. The summed E-state index contributed by atoms with van der Waals surface area (Å²) >= 11 is 7.57. The van der Waals surface area contributed by atoms with Gasteiger partial charge in [-0.2, -0.15) is 0 Å². The van der Waals surface area contributed by atoms with Crippen LogP contribution in [0.25, 0.3) is 16.5 Å². The van der Waals surface area contributed by atoms with Crippen molar-refractivity contribution in [1.82, 2.24) is 14.9 Å². The van der Waals surface area contributed by atoms with Crippen LogP contribution < -0.4 is 10.2 Å². The Labute approximate surface area is 270 Å². The minimum absolute atomic E-state index is 0.0815. The van der Waals surface area contributed by atoms with Crippen molar-refractivity contribution in [2.45, 2.75) is 35.7 Å². The van der Waals surface area contributed by atoms with Gasteiger partial charge >= 0.3 is 0 Å². The molecule has 0 bridgehead atoms. The van der Waals surface area contributed by atoms with Gasteiger partial charge in [0.15, 0.2) is 5.11 Å². The number of fused-ring (bicyclic) bond motifs is 1. The Hall–Kier alpha value is -4.99. The van der Waals surface area contributed by atoms with E-state index in [1.807, 2.05) is 24.4 Å². The molecule has 1 aliphatic rings. The first-order valence-corrected chi connectivity index (χ1v) is 15.8. The van der Waals surface area contributed by atoms with Gasteiger partial charge in [-0.3, -0.25) is 15.1 Å². The van der Waals surface area contributed by atoms with E-state index >= 15 is 0 Å². The third-order valence-corrected chi connectivity index (χ3v) is 9.62. The molecular formula is C36H29N5O2S2. The minimum atomic E-state index is -0.385. The third-order valence-electron chi connectivity index (χ3n) is 8.29. The second kappa shape index (κ2) is 11.8. The highest BCUT2D eigenvalue weighted by Gasteiger charge is 2.42. The van der Waals surface area contributed by atoms with Gasteiger partial charge in [-0.15, -0.1) is 0 Å². The molecule has 0 saturated carbocycles.